The molecular formula is C19H22N5O2+. The SMILES string of the molecule is CC[NH+](CC)Cn1c(O)c(N=NC(=O)c2cccnc2)c2ccccc21. The van der Waals surface area contributed by atoms with Gasteiger partial charge in [0.2, 0.25) is 5.88 Å². The maximum absolute atomic E-state index is 12.1. The van der Waals surface area contributed by atoms with Gasteiger partial charge in [-0.2, -0.15) is 0 Å². The first-order valence-electron chi connectivity index (χ1n) is 8.65. The van der Waals surface area contributed by atoms with Gasteiger partial charge in [0.15, 0.2) is 12.4 Å². The first-order valence-corrected chi connectivity index (χ1v) is 8.65. The fourth-order valence-corrected chi connectivity index (χ4v) is 2.87. The number of carbonyl (C=O) groups excluding carboxylic acids is 1. The average molecular weight is 352 g/mol. The first kappa shape index (κ1) is 17.8. The predicted molar refractivity (Wildman–Crippen MR) is 98.7 cm³/mol. The molecule has 0 fully saturated rings. The minimum absolute atomic E-state index is 0.0216. The van der Waals surface area contributed by atoms with Crippen molar-refractivity contribution >= 4 is 22.5 Å². The molecule has 0 aliphatic carbocycles. The van der Waals surface area contributed by atoms with Crippen LogP contribution < -0.4 is 4.90 Å². The number of hydrogen-bond donors (Lipinski definition) is 2. The Balaban J connectivity index is 1.99. The van der Waals surface area contributed by atoms with E-state index in [4.69, 9.17) is 0 Å². The monoisotopic (exact) mass is 352 g/mol. The second kappa shape index (κ2) is 7.88. The molecule has 0 aliphatic heterocycles. The van der Waals surface area contributed by atoms with Gasteiger partial charge in [-0.05, 0) is 32.0 Å². The van der Waals surface area contributed by atoms with Crippen LogP contribution in [0.1, 0.15) is 24.2 Å². The molecule has 0 aliphatic rings. The maximum atomic E-state index is 12.1. The van der Waals surface area contributed by atoms with Gasteiger partial charge in [0.05, 0.1) is 24.2 Å². The van der Waals surface area contributed by atoms with Crippen molar-refractivity contribution in [2.24, 2.45) is 10.2 Å². The van der Waals surface area contributed by atoms with E-state index in [-0.39, 0.29) is 5.88 Å². The number of rotatable bonds is 6. The number of carbonyl (C=O) groups is 1. The summed E-state index contributed by atoms with van der Waals surface area (Å²) in [7, 11) is 0. The summed E-state index contributed by atoms with van der Waals surface area (Å²) in [5.74, 6) is -0.475. The summed E-state index contributed by atoms with van der Waals surface area (Å²) in [4.78, 5) is 17.4. The van der Waals surface area contributed by atoms with E-state index in [0.717, 1.165) is 24.0 Å². The molecule has 0 saturated carbocycles. The summed E-state index contributed by atoms with van der Waals surface area (Å²) in [6.45, 7) is 6.71. The third-order valence-corrected chi connectivity index (χ3v) is 4.45. The second-order valence-electron chi connectivity index (χ2n) is 5.98. The summed E-state index contributed by atoms with van der Waals surface area (Å²) in [5, 5.41) is 19.3. The molecule has 0 atom stereocenters. The van der Waals surface area contributed by atoms with Gasteiger partial charge in [0, 0.05) is 17.8 Å². The predicted octanol–water partition coefficient (Wildman–Crippen LogP) is 2.55. The number of azo groups is 1. The summed E-state index contributed by atoms with van der Waals surface area (Å²) in [6, 6.07) is 10.9. The average Bonchev–Trinajstić information content (AvgIpc) is 2.95. The minimum atomic E-state index is -0.497. The second-order valence-corrected chi connectivity index (χ2v) is 5.98. The Bertz CT molecular complexity index is 930. The standard InChI is InChI=1S/C19H21N5O2/c1-3-23(4-2)13-24-16-10-6-5-9-15(16)17(19(24)26)21-22-18(25)14-8-7-11-20-12-14/h5-12,26H,3-4,13H2,1-2H3/p+1. The lowest BCUT2D eigenvalue weighted by molar-refractivity contribution is -0.919. The lowest BCUT2D eigenvalue weighted by Crippen LogP contribution is -3.10. The van der Waals surface area contributed by atoms with Crippen molar-refractivity contribution in [1.82, 2.24) is 9.55 Å². The van der Waals surface area contributed by atoms with Crippen molar-refractivity contribution in [3.05, 3.63) is 54.4 Å². The number of fused-ring (bicyclic) bond motifs is 1. The summed E-state index contributed by atoms with van der Waals surface area (Å²) >= 11 is 0. The zero-order chi connectivity index (χ0) is 18.5. The largest absolute Gasteiger partial charge is 0.493 e. The zero-order valence-corrected chi connectivity index (χ0v) is 14.9. The molecule has 134 valence electrons. The quantitative estimate of drug-likeness (QED) is 0.669. The molecule has 7 nitrogen and oxygen atoms in total. The molecule has 0 radical (unpaired) electrons. The van der Waals surface area contributed by atoms with E-state index in [1.165, 1.54) is 11.1 Å². The van der Waals surface area contributed by atoms with Gasteiger partial charge in [0.1, 0.15) is 0 Å². The third-order valence-electron chi connectivity index (χ3n) is 4.45. The van der Waals surface area contributed by atoms with Gasteiger partial charge in [-0.15, -0.1) is 10.2 Å². The first-order chi connectivity index (χ1) is 12.7. The number of nitrogens with zero attached hydrogens (tertiary/aromatic N) is 4. The molecule has 3 rings (SSSR count). The van der Waals surface area contributed by atoms with Crippen LogP contribution in [0.3, 0.4) is 0 Å². The fraction of sp³-hybridized carbons (Fsp3) is 0.263. The van der Waals surface area contributed by atoms with Crippen molar-refractivity contribution in [3.63, 3.8) is 0 Å². The molecule has 1 amide bonds. The van der Waals surface area contributed by atoms with E-state index in [2.05, 4.69) is 29.1 Å². The molecule has 1 aromatic carbocycles. The molecule has 3 aromatic rings. The van der Waals surface area contributed by atoms with Crippen molar-refractivity contribution in [1.29, 1.82) is 0 Å². The highest BCUT2D eigenvalue weighted by molar-refractivity contribution is 5.97. The topological polar surface area (TPSA) is 84.3 Å². The van der Waals surface area contributed by atoms with Gasteiger partial charge in [-0.1, -0.05) is 18.2 Å². The normalized spacial score (nSPS) is 11.7. The van der Waals surface area contributed by atoms with Crippen LogP contribution in [0.2, 0.25) is 0 Å². The van der Waals surface area contributed by atoms with Gasteiger partial charge in [-0.3, -0.25) is 14.3 Å². The Labute approximate surface area is 151 Å². The van der Waals surface area contributed by atoms with Crippen molar-refractivity contribution in [2.45, 2.75) is 20.5 Å². The van der Waals surface area contributed by atoms with E-state index >= 15 is 0 Å². The molecule has 0 spiro atoms. The molecular weight excluding hydrogens is 330 g/mol. The molecule has 2 aromatic heterocycles. The highest BCUT2D eigenvalue weighted by Crippen LogP contribution is 2.38. The fourth-order valence-electron chi connectivity index (χ4n) is 2.87. The number of pyridine rings is 1. The number of aromatic nitrogens is 2. The molecule has 26 heavy (non-hydrogen) atoms. The Morgan fingerprint density at radius 1 is 1.19 bits per heavy atom. The Morgan fingerprint density at radius 3 is 2.65 bits per heavy atom. The van der Waals surface area contributed by atoms with Crippen LogP contribution in [-0.2, 0) is 6.67 Å². The molecule has 7 heteroatoms. The molecule has 2 heterocycles. The lowest BCUT2D eigenvalue weighted by Gasteiger charge is -2.17. The van der Waals surface area contributed by atoms with Crippen LogP contribution in [-0.4, -0.2) is 33.7 Å². The van der Waals surface area contributed by atoms with E-state index in [0.29, 0.717) is 17.9 Å². The zero-order valence-electron chi connectivity index (χ0n) is 14.9. The van der Waals surface area contributed by atoms with Crippen LogP contribution in [0, 0.1) is 0 Å². The van der Waals surface area contributed by atoms with E-state index in [1.807, 2.05) is 28.8 Å². The van der Waals surface area contributed by atoms with E-state index < -0.39 is 5.91 Å². The van der Waals surface area contributed by atoms with Crippen LogP contribution in [0.15, 0.2) is 59.0 Å². The number of hydrogen-bond acceptors (Lipinski definition) is 4. The maximum Gasteiger partial charge on any atom is 0.296 e. The van der Waals surface area contributed by atoms with Crippen LogP contribution >= 0.6 is 0 Å². The van der Waals surface area contributed by atoms with E-state index in [1.54, 1.807) is 18.3 Å². The van der Waals surface area contributed by atoms with Gasteiger partial charge in [-0.25, -0.2) is 0 Å². The highest BCUT2D eigenvalue weighted by atomic mass is 16.3. The Kier molecular flexibility index (Phi) is 5.38. The van der Waals surface area contributed by atoms with Crippen molar-refractivity contribution in [2.75, 3.05) is 13.1 Å². The number of quaternary nitrogens is 1. The summed E-state index contributed by atoms with van der Waals surface area (Å²) in [5.41, 5.74) is 1.53. The minimum Gasteiger partial charge on any atom is -0.493 e. The van der Waals surface area contributed by atoms with Crippen molar-refractivity contribution in [3.8, 4) is 5.88 Å². The number of para-hydroxylation sites is 1. The number of aromatic hydroxyl groups is 1. The highest BCUT2D eigenvalue weighted by Gasteiger charge is 2.19. The number of nitrogens with one attached hydrogen (secondary N) is 1. The Hall–Kier alpha value is -3.06. The Morgan fingerprint density at radius 2 is 1.96 bits per heavy atom. The number of amides is 1. The van der Waals surface area contributed by atoms with Gasteiger partial charge >= 0.3 is 0 Å². The third kappa shape index (κ3) is 3.48. The van der Waals surface area contributed by atoms with Gasteiger partial charge in [0.25, 0.3) is 5.91 Å². The van der Waals surface area contributed by atoms with Crippen molar-refractivity contribution < 1.29 is 14.8 Å². The van der Waals surface area contributed by atoms with Crippen LogP contribution in [0.25, 0.3) is 10.9 Å². The molecule has 2 N–H and O–H groups in total. The molecule has 0 bridgehead atoms. The van der Waals surface area contributed by atoms with Crippen LogP contribution in [0.4, 0.5) is 5.69 Å². The van der Waals surface area contributed by atoms with Gasteiger partial charge < -0.3 is 10.0 Å². The summed E-state index contributed by atoms with van der Waals surface area (Å²) in [6.07, 6.45) is 3.02. The molecule has 0 saturated heterocycles. The molecule has 0 unspecified atom stereocenters. The smallest absolute Gasteiger partial charge is 0.296 e. The number of benzene rings is 1. The summed E-state index contributed by atoms with van der Waals surface area (Å²) < 4.78 is 1.82. The van der Waals surface area contributed by atoms with Crippen LogP contribution in [0.5, 0.6) is 5.88 Å². The lowest BCUT2D eigenvalue weighted by atomic mass is 10.2. The van der Waals surface area contributed by atoms with E-state index in [9.17, 15) is 9.90 Å².